The number of azo groups is 1. The standard InChI is InChI=1S/C20H21N3O3/c1-2-3-13-23-16-12-8-7-11-15(16)17(20(23)26)21-22-19(25)18(24)14-9-5-4-6-10-14/h4-12,18,24,26H,2-3,13H2,1H3/t18-/m0/s1. The summed E-state index contributed by atoms with van der Waals surface area (Å²) in [6, 6.07) is 16.0. The second-order valence-electron chi connectivity index (χ2n) is 6.05. The molecule has 2 N–H and O–H groups in total. The van der Waals surface area contributed by atoms with Crippen molar-refractivity contribution in [2.24, 2.45) is 10.2 Å². The number of benzene rings is 2. The number of aryl methyl sites for hydroxylation is 1. The Morgan fingerprint density at radius 3 is 2.54 bits per heavy atom. The van der Waals surface area contributed by atoms with Crippen LogP contribution in [-0.4, -0.2) is 20.7 Å². The summed E-state index contributed by atoms with van der Waals surface area (Å²) in [7, 11) is 0. The van der Waals surface area contributed by atoms with Crippen molar-refractivity contribution in [3.05, 3.63) is 60.2 Å². The number of aliphatic hydroxyl groups excluding tert-OH is 1. The number of aromatic hydroxyl groups is 1. The van der Waals surface area contributed by atoms with Gasteiger partial charge in [-0.2, -0.15) is 0 Å². The van der Waals surface area contributed by atoms with Crippen LogP contribution >= 0.6 is 0 Å². The molecule has 0 saturated heterocycles. The van der Waals surface area contributed by atoms with Gasteiger partial charge in [-0.1, -0.05) is 61.9 Å². The van der Waals surface area contributed by atoms with Crippen LogP contribution in [0.5, 0.6) is 5.88 Å². The Bertz CT molecular complexity index is 932. The maximum absolute atomic E-state index is 12.1. The molecule has 1 amide bonds. The summed E-state index contributed by atoms with van der Waals surface area (Å²) in [4.78, 5) is 12.1. The molecule has 0 spiro atoms. The molecular weight excluding hydrogens is 330 g/mol. The molecule has 26 heavy (non-hydrogen) atoms. The minimum Gasteiger partial charge on any atom is -0.493 e. The molecular formula is C20H21N3O3. The molecule has 0 radical (unpaired) electrons. The van der Waals surface area contributed by atoms with Crippen LogP contribution in [0.2, 0.25) is 0 Å². The fourth-order valence-electron chi connectivity index (χ4n) is 2.84. The predicted octanol–water partition coefficient (Wildman–Crippen LogP) is 4.49. The van der Waals surface area contributed by atoms with Gasteiger partial charge in [0.05, 0.1) is 5.52 Å². The minimum absolute atomic E-state index is 0.0228. The SMILES string of the molecule is CCCCn1c(O)c(N=NC(=O)[C@@H](O)c2ccccc2)c2ccccc21. The average molecular weight is 351 g/mol. The van der Waals surface area contributed by atoms with Gasteiger partial charge in [-0.15, -0.1) is 10.2 Å². The summed E-state index contributed by atoms with van der Waals surface area (Å²) in [5.41, 5.74) is 1.53. The molecule has 0 aliphatic rings. The number of carbonyl (C=O) groups is 1. The van der Waals surface area contributed by atoms with Crippen LogP contribution in [0.4, 0.5) is 5.69 Å². The monoisotopic (exact) mass is 351 g/mol. The summed E-state index contributed by atoms with van der Waals surface area (Å²) in [5, 5.41) is 28.9. The van der Waals surface area contributed by atoms with Crippen molar-refractivity contribution in [2.45, 2.75) is 32.4 Å². The van der Waals surface area contributed by atoms with Crippen molar-refractivity contribution in [3.8, 4) is 5.88 Å². The Labute approximate surface area is 151 Å². The van der Waals surface area contributed by atoms with E-state index in [9.17, 15) is 15.0 Å². The van der Waals surface area contributed by atoms with Crippen LogP contribution in [0.15, 0.2) is 64.8 Å². The predicted molar refractivity (Wildman–Crippen MR) is 99.4 cm³/mol. The third-order valence-electron chi connectivity index (χ3n) is 4.25. The lowest BCUT2D eigenvalue weighted by atomic mass is 10.1. The van der Waals surface area contributed by atoms with Gasteiger partial charge < -0.3 is 14.8 Å². The number of hydrogen-bond acceptors (Lipinski definition) is 4. The molecule has 3 rings (SSSR count). The molecule has 3 aromatic rings. The van der Waals surface area contributed by atoms with Gasteiger partial charge in [0, 0.05) is 11.9 Å². The zero-order valence-electron chi connectivity index (χ0n) is 14.5. The van der Waals surface area contributed by atoms with Crippen molar-refractivity contribution in [2.75, 3.05) is 0 Å². The van der Waals surface area contributed by atoms with Gasteiger partial charge in [-0.3, -0.25) is 4.79 Å². The van der Waals surface area contributed by atoms with E-state index >= 15 is 0 Å². The number of amides is 1. The summed E-state index contributed by atoms with van der Waals surface area (Å²) >= 11 is 0. The van der Waals surface area contributed by atoms with E-state index in [-0.39, 0.29) is 11.6 Å². The molecule has 0 aliphatic carbocycles. The van der Waals surface area contributed by atoms with E-state index in [2.05, 4.69) is 17.2 Å². The van der Waals surface area contributed by atoms with E-state index in [1.807, 2.05) is 24.3 Å². The number of rotatable bonds is 6. The van der Waals surface area contributed by atoms with E-state index in [0.29, 0.717) is 17.5 Å². The summed E-state index contributed by atoms with van der Waals surface area (Å²) in [6.07, 6.45) is 0.523. The van der Waals surface area contributed by atoms with E-state index in [1.165, 1.54) is 0 Å². The smallest absolute Gasteiger partial charge is 0.297 e. The molecule has 1 aromatic heterocycles. The summed E-state index contributed by atoms with van der Waals surface area (Å²) < 4.78 is 1.77. The van der Waals surface area contributed by atoms with Crippen LogP contribution in [0, 0.1) is 0 Å². The lowest BCUT2D eigenvalue weighted by Gasteiger charge is -2.05. The second kappa shape index (κ2) is 7.93. The first-order valence-electron chi connectivity index (χ1n) is 8.62. The Hall–Kier alpha value is -2.99. The number of aromatic nitrogens is 1. The highest BCUT2D eigenvalue weighted by Crippen LogP contribution is 2.39. The van der Waals surface area contributed by atoms with Crippen molar-refractivity contribution in [3.63, 3.8) is 0 Å². The van der Waals surface area contributed by atoms with Crippen molar-refractivity contribution >= 4 is 22.5 Å². The van der Waals surface area contributed by atoms with Crippen LogP contribution in [0.25, 0.3) is 10.9 Å². The molecule has 0 aliphatic heterocycles. The Kier molecular flexibility index (Phi) is 5.43. The molecule has 0 saturated carbocycles. The van der Waals surface area contributed by atoms with Gasteiger partial charge >= 0.3 is 0 Å². The zero-order valence-corrected chi connectivity index (χ0v) is 14.5. The van der Waals surface area contributed by atoms with Gasteiger partial charge in [0.2, 0.25) is 5.88 Å². The molecule has 1 heterocycles. The molecule has 6 nitrogen and oxygen atoms in total. The number of nitrogens with zero attached hydrogens (tertiary/aromatic N) is 3. The van der Waals surface area contributed by atoms with E-state index in [0.717, 1.165) is 18.4 Å². The van der Waals surface area contributed by atoms with E-state index in [1.54, 1.807) is 34.9 Å². The quantitative estimate of drug-likeness (QED) is 0.641. The van der Waals surface area contributed by atoms with Gasteiger partial charge in [-0.25, -0.2) is 0 Å². The van der Waals surface area contributed by atoms with Crippen molar-refractivity contribution in [1.82, 2.24) is 4.57 Å². The van der Waals surface area contributed by atoms with Crippen molar-refractivity contribution in [1.29, 1.82) is 0 Å². The zero-order chi connectivity index (χ0) is 18.5. The molecule has 0 fully saturated rings. The normalized spacial score (nSPS) is 12.7. The van der Waals surface area contributed by atoms with Gasteiger partial charge in [0.1, 0.15) is 0 Å². The molecule has 134 valence electrons. The Balaban J connectivity index is 1.92. The van der Waals surface area contributed by atoms with Gasteiger partial charge in [-0.05, 0) is 18.1 Å². The first-order chi connectivity index (χ1) is 12.6. The van der Waals surface area contributed by atoms with Crippen LogP contribution in [0.1, 0.15) is 31.4 Å². The number of carbonyl (C=O) groups excluding carboxylic acids is 1. The third-order valence-corrected chi connectivity index (χ3v) is 4.25. The fourth-order valence-corrected chi connectivity index (χ4v) is 2.84. The largest absolute Gasteiger partial charge is 0.493 e. The number of hydrogen-bond donors (Lipinski definition) is 2. The number of aliphatic hydroxyl groups is 1. The lowest BCUT2D eigenvalue weighted by molar-refractivity contribution is -0.126. The number of unbranched alkanes of at least 4 members (excludes halogenated alkanes) is 1. The van der Waals surface area contributed by atoms with Gasteiger partial charge in [0.25, 0.3) is 5.91 Å². The summed E-state index contributed by atoms with van der Waals surface area (Å²) in [6.45, 7) is 2.73. The maximum atomic E-state index is 12.1. The molecule has 6 heteroatoms. The highest BCUT2D eigenvalue weighted by Gasteiger charge is 2.19. The van der Waals surface area contributed by atoms with Crippen LogP contribution in [-0.2, 0) is 11.3 Å². The van der Waals surface area contributed by atoms with Crippen LogP contribution < -0.4 is 0 Å². The highest BCUT2D eigenvalue weighted by molar-refractivity contribution is 5.95. The second-order valence-corrected chi connectivity index (χ2v) is 6.05. The van der Waals surface area contributed by atoms with Crippen LogP contribution in [0.3, 0.4) is 0 Å². The molecule has 0 bridgehead atoms. The van der Waals surface area contributed by atoms with E-state index < -0.39 is 12.0 Å². The van der Waals surface area contributed by atoms with Gasteiger partial charge in [0.15, 0.2) is 11.8 Å². The first-order valence-corrected chi connectivity index (χ1v) is 8.62. The topological polar surface area (TPSA) is 87.2 Å². The number of para-hydroxylation sites is 1. The molecule has 0 unspecified atom stereocenters. The minimum atomic E-state index is -1.38. The lowest BCUT2D eigenvalue weighted by Crippen LogP contribution is -2.08. The fraction of sp³-hybridized carbons (Fsp3) is 0.250. The molecule has 1 atom stereocenters. The number of fused-ring (bicyclic) bond motifs is 1. The average Bonchev–Trinajstić information content (AvgIpc) is 2.95. The highest BCUT2D eigenvalue weighted by atomic mass is 16.3. The van der Waals surface area contributed by atoms with Crippen molar-refractivity contribution < 1.29 is 15.0 Å². The Morgan fingerprint density at radius 2 is 1.81 bits per heavy atom. The van der Waals surface area contributed by atoms with E-state index in [4.69, 9.17) is 0 Å². The maximum Gasteiger partial charge on any atom is 0.297 e. The third kappa shape index (κ3) is 3.50. The molecule has 2 aromatic carbocycles. The summed E-state index contributed by atoms with van der Waals surface area (Å²) in [5.74, 6) is -0.800. The Morgan fingerprint density at radius 1 is 1.12 bits per heavy atom. The first kappa shape index (κ1) is 17.8.